The summed E-state index contributed by atoms with van der Waals surface area (Å²) in [6, 6.07) is 54.2. The van der Waals surface area contributed by atoms with Gasteiger partial charge in [-0.1, -0.05) is 181 Å². The van der Waals surface area contributed by atoms with E-state index in [2.05, 4.69) is 11.1 Å². The Hall–Kier alpha value is -5.35. The highest BCUT2D eigenvalue weighted by Crippen LogP contribution is 2.24. The molecule has 0 nitrogen and oxygen atoms in total. The van der Waals surface area contributed by atoms with E-state index in [-0.39, 0.29) is 0 Å². The molecular weight excluding hydrogens is 599 g/mol. The molecule has 0 unspecified atom stereocenters. The lowest BCUT2D eigenvalue weighted by Gasteiger charge is -2.24. The Balaban J connectivity index is 1.49. The van der Waals surface area contributed by atoms with E-state index in [9.17, 15) is 0 Å². The van der Waals surface area contributed by atoms with E-state index in [0.29, 0.717) is 20.7 Å². The molecule has 0 atom stereocenters. The van der Waals surface area contributed by atoms with E-state index in [4.69, 9.17) is 0 Å². The summed E-state index contributed by atoms with van der Waals surface area (Å²) < 4.78 is 37.5. The summed E-state index contributed by atoms with van der Waals surface area (Å²) in [4.78, 5) is 0. The summed E-state index contributed by atoms with van der Waals surface area (Å²) in [5.41, 5.74) is 6.38. The van der Waals surface area contributed by atoms with Crippen molar-refractivity contribution in [1.29, 1.82) is 0 Å². The van der Waals surface area contributed by atoms with Crippen molar-refractivity contribution in [3.63, 3.8) is 0 Å². The molecule has 0 aromatic heterocycles. The summed E-state index contributed by atoms with van der Waals surface area (Å²) >= 11 is 0. The minimum absolute atomic E-state index is 0.543. The second-order valence-corrected chi connectivity index (χ2v) is 17.0. The lowest BCUT2D eigenvalue weighted by molar-refractivity contribution is 0.842. The molecule has 0 fully saturated rings. The topological polar surface area (TPSA) is 0 Å². The Morgan fingerprint density at radius 3 is 0.761 bits per heavy atom. The van der Waals surface area contributed by atoms with Gasteiger partial charge >= 0.3 is 16.8 Å². The van der Waals surface area contributed by atoms with Gasteiger partial charge in [0.25, 0.3) is 0 Å². The van der Waals surface area contributed by atoms with Crippen LogP contribution in [0.25, 0.3) is 43.1 Å². The lowest BCUT2D eigenvalue weighted by Crippen LogP contribution is -2.58. The Kier molecular flexibility index (Phi) is 6.87. The monoisotopic (exact) mass is 626 g/mol. The molecule has 0 aliphatic rings. The first-order valence-corrected chi connectivity index (χ1v) is 19.2. The van der Waals surface area contributed by atoms with E-state index >= 15 is 8.22 Å². The van der Waals surface area contributed by atoms with Gasteiger partial charge in [-0.25, -0.2) is 0 Å². The third-order valence-electron chi connectivity index (χ3n) is 9.05. The zero-order chi connectivity index (χ0) is 31.1. The molecule has 0 aliphatic carbocycles. The third-order valence-corrected chi connectivity index (χ3v) is 15.0. The van der Waals surface area contributed by atoms with Crippen LogP contribution in [0.5, 0.6) is 0 Å². The van der Waals surface area contributed by atoms with Crippen LogP contribution in [0.2, 0.25) is 0 Å². The van der Waals surface area contributed by atoms with Gasteiger partial charge < -0.3 is 0 Å². The number of rotatable bonds is 4. The van der Waals surface area contributed by atoms with Crippen molar-refractivity contribution in [1.82, 2.24) is 0 Å². The molecule has 46 heavy (non-hydrogen) atoms. The van der Waals surface area contributed by atoms with Gasteiger partial charge in [0.15, 0.2) is 0 Å². The summed E-state index contributed by atoms with van der Waals surface area (Å²) in [5, 5.41) is 9.14. The third kappa shape index (κ3) is 4.56. The van der Waals surface area contributed by atoms with E-state index in [1.165, 1.54) is 0 Å². The minimum atomic E-state index is -4.41. The molecular formula is C42H28F2Si2. The largest absolute Gasteiger partial charge is 0.385 e. The van der Waals surface area contributed by atoms with Crippen molar-refractivity contribution in [3.8, 4) is 11.1 Å². The number of hydrogen-bond acceptors (Lipinski definition) is 0. The summed E-state index contributed by atoms with van der Waals surface area (Å²) in [6.45, 7) is 0. The van der Waals surface area contributed by atoms with Crippen molar-refractivity contribution < 1.29 is 8.22 Å². The summed E-state index contributed by atoms with van der Waals surface area (Å²) in [7, 11) is -8.81. The Morgan fingerprint density at radius 2 is 0.500 bits per heavy atom. The van der Waals surface area contributed by atoms with Gasteiger partial charge in [0.2, 0.25) is 0 Å². The van der Waals surface area contributed by atoms with Gasteiger partial charge in [0, 0.05) is 0 Å². The lowest BCUT2D eigenvalue weighted by atomic mass is 10.1. The van der Waals surface area contributed by atoms with Gasteiger partial charge in [0.05, 0.1) is 0 Å². The second-order valence-electron chi connectivity index (χ2n) is 11.7. The SMILES string of the molecule is F[Si](C#C[Si](F)(c1cccc2ccccc12)c1cccc2ccccc12)(c1cccc2ccccc12)c1cccc2ccccc12. The van der Waals surface area contributed by atoms with Crippen LogP contribution in [0.1, 0.15) is 0 Å². The van der Waals surface area contributed by atoms with Crippen LogP contribution < -0.4 is 20.7 Å². The molecule has 4 heteroatoms. The Bertz CT molecular complexity index is 2140. The smallest absolute Gasteiger partial charge is 0.285 e. The molecule has 0 heterocycles. The predicted molar refractivity (Wildman–Crippen MR) is 196 cm³/mol. The van der Waals surface area contributed by atoms with Gasteiger partial charge in [-0.3, -0.25) is 8.22 Å². The first-order valence-electron chi connectivity index (χ1n) is 15.4. The first-order chi connectivity index (χ1) is 22.6. The van der Waals surface area contributed by atoms with Gasteiger partial charge in [0.1, 0.15) is 0 Å². The fraction of sp³-hybridized carbons (Fsp3) is 0. The fourth-order valence-corrected chi connectivity index (χ4v) is 13.0. The van der Waals surface area contributed by atoms with Gasteiger partial charge in [-0.2, -0.15) is 0 Å². The number of fused-ring (bicyclic) bond motifs is 4. The van der Waals surface area contributed by atoms with E-state index in [0.717, 1.165) is 43.1 Å². The van der Waals surface area contributed by atoms with E-state index in [1.807, 2.05) is 170 Å². The van der Waals surface area contributed by atoms with E-state index < -0.39 is 16.8 Å². The molecule has 0 saturated heterocycles. The van der Waals surface area contributed by atoms with Gasteiger partial charge in [-0.05, 0) is 63.8 Å². The molecule has 0 aliphatic heterocycles. The van der Waals surface area contributed by atoms with Crippen molar-refractivity contribution in [3.05, 3.63) is 170 Å². The highest BCUT2D eigenvalue weighted by molar-refractivity contribution is 7.09. The normalized spacial score (nSPS) is 12.0. The quantitative estimate of drug-likeness (QED) is 0.105. The van der Waals surface area contributed by atoms with Crippen LogP contribution in [0.4, 0.5) is 8.22 Å². The standard InChI is InChI=1S/C42H28F2Si2/c43-45(39-25-9-17-31-13-1-5-21-35(31)39,40-26-10-18-32-14-2-6-22-36(32)40)29-30-46(44,41-27-11-19-33-15-3-7-23-37(33)41)42-28-12-20-34-16-4-8-24-38(34)42/h1-28H. The van der Waals surface area contributed by atoms with Crippen LogP contribution in [0.3, 0.4) is 0 Å². The molecule has 0 amide bonds. The van der Waals surface area contributed by atoms with Crippen molar-refractivity contribution in [2.75, 3.05) is 0 Å². The zero-order valence-electron chi connectivity index (χ0n) is 24.9. The molecule has 0 spiro atoms. The number of hydrogen-bond donors (Lipinski definition) is 0. The molecule has 0 bridgehead atoms. The Labute approximate surface area is 268 Å². The fourth-order valence-electron chi connectivity index (χ4n) is 6.83. The highest BCUT2D eigenvalue weighted by atomic mass is 28.4. The average Bonchev–Trinajstić information content (AvgIpc) is 3.12. The molecule has 0 N–H and O–H groups in total. The summed E-state index contributed by atoms with van der Waals surface area (Å²) in [5.74, 6) is 0. The van der Waals surface area contributed by atoms with Crippen LogP contribution in [-0.4, -0.2) is 16.8 Å². The van der Waals surface area contributed by atoms with Crippen LogP contribution in [0, 0.1) is 11.1 Å². The molecule has 218 valence electrons. The molecule has 0 saturated carbocycles. The maximum Gasteiger partial charge on any atom is 0.385 e. The first kappa shape index (κ1) is 28.1. The predicted octanol–water partition coefficient (Wildman–Crippen LogP) is 8.14. The average molecular weight is 627 g/mol. The molecule has 8 rings (SSSR count). The highest BCUT2D eigenvalue weighted by Gasteiger charge is 2.45. The van der Waals surface area contributed by atoms with Crippen LogP contribution >= 0.6 is 0 Å². The molecule has 8 aromatic rings. The number of halogens is 2. The number of benzene rings is 8. The van der Waals surface area contributed by atoms with Crippen LogP contribution in [-0.2, 0) is 0 Å². The molecule has 0 radical (unpaired) electrons. The zero-order valence-corrected chi connectivity index (χ0v) is 26.9. The second kappa shape index (κ2) is 11.2. The van der Waals surface area contributed by atoms with Crippen molar-refractivity contribution in [2.45, 2.75) is 0 Å². The Morgan fingerprint density at radius 1 is 0.283 bits per heavy atom. The van der Waals surface area contributed by atoms with Crippen molar-refractivity contribution in [2.24, 2.45) is 0 Å². The van der Waals surface area contributed by atoms with E-state index in [1.54, 1.807) is 0 Å². The van der Waals surface area contributed by atoms with Crippen LogP contribution in [0.15, 0.2) is 170 Å². The maximum absolute atomic E-state index is 18.7. The minimum Gasteiger partial charge on any atom is -0.285 e. The summed E-state index contributed by atoms with van der Waals surface area (Å²) in [6.07, 6.45) is 0. The maximum atomic E-state index is 18.7. The van der Waals surface area contributed by atoms with Gasteiger partial charge in [-0.15, -0.1) is 0 Å². The van der Waals surface area contributed by atoms with Crippen molar-refractivity contribution >= 4 is 80.7 Å². The molecule has 8 aromatic carbocycles.